The molecule has 9 heteroatoms. The maximum absolute atomic E-state index is 12.1. The van der Waals surface area contributed by atoms with Crippen LogP contribution in [-0.2, 0) is 23.1 Å². The van der Waals surface area contributed by atoms with Crippen molar-refractivity contribution < 1.29 is 26.3 Å². The lowest BCUT2D eigenvalue weighted by molar-refractivity contribution is -0.274. The molecule has 0 aliphatic carbocycles. The smallest absolute Gasteiger partial charge is 0.406 e. The van der Waals surface area contributed by atoms with Crippen LogP contribution in [0.3, 0.4) is 0 Å². The van der Waals surface area contributed by atoms with Crippen molar-refractivity contribution in [2.45, 2.75) is 19.5 Å². The summed E-state index contributed by atoms with van der Waals surface area (Å²) in [7, 11) is -3.42. The van der Waals surface area contributed by atoms with E-state index in [1.165, 1.54) is 24.3 Å². The monoisotopic (exact) mass is 388 g/mol. The summed E-state index contributed by atoms with van der Waals surface area (Å²) in [5.41, 5.74) is 1.58. The van der Waals surface area contributed by atoms with Crippen LogP contribution >= 0.6 is 0 Å². The van der Waals surface area contributed by atoms with Crippen LogP contribution in [0.5, 0.6) is 5.75 Å². The molecule has 0 saturated heterocycles. The van der Waals surface area contributed by atoms with Crippen molar-refractivity contribution in [2.24, 2.45) is 0 Å². The van der Waals surface area contributed by atoms with Crippen LogP contribution in [0.4, 0.5) is 13.2 Å². The first-order valence-corrected chi connectivity index (χ1v) is 9.45. The zero-order valence-corrected chi connectivity index (χ0v) is 14.6. The molecule has 0 atom stereocenters. The summed E-state index contributed by atoms with van der Waals surface area (Å²) in [6.45, 7) is 0.773. The lowest BCUT2D eigenvalue weighted by Gasteiger charge is -2.10. The van der Waals surface area contributed by atoms with E-state index < -0.39 is 16.4 Å². The minimum Gasteiger partial charge on any atom is -0.406 e. The Morgan fingerprint density at radius 3 is 2.12 bits per heavy atom. The summed E-state index contributed by atoms with van der Waals surface area (Å²) in [5.74, 6) is -0.399. The van der Waals surface area contributed by atoms with Gasteiger partial charge in [-0.3, -0.25) is 0 Å². The van der Waals surface area contributed by atoms with Gasteiger partial charge in [-0.2, -0.15) is 0 Å². The Bertz CT molecular complexity index is 779. The number of rotatable bonds is 9. The summed E-state index contributed by atoms with van der Waals surface area (Å²) >= 11 is 0. The van der Waals surface area contributed by atoms with E-state index in [9.17, 15) is 21.6 Å². The van der Waals surface area contributed by atoms with Crippen molar-refractivity contribution in [1.82, 2.24) is 10.0 Å². The van der Waals surface area contributed by atoms with Gasteiger partial charge in [0.15, 0.2) is 0 Å². The Morgan fingerprint density at radius 1 is 0.885 bits per heavy atom. The molecule has 0 fully saturated rings. The summed E-state index contributed by atoms with van der Waals surface area (Å²) < 4.78 is 66.4. The van der Waals surface area contributed by atoms with Gasteiger partial charge < -0.3 is 10.1 Å². The van der Waals surface area contributed by atoms with Crippen molar-refractivity contribution >= 4 is 10.0 Å². The quantitative estimate of drug-likeness (QED) is 0.649. The third kappa shape index (κ3) is 7.85. The van der Waals surface area contributed by atoms with Gasteiger partial charge in [0.2, 0.25) is 10.0 Å². The van der Waals surface area contributed by atoms with E-state index in [-0.39, 0.29) is 24.6 Å². The SMILES string of the molecule is O=S(=O)(CCNCc1ccc(OC(F)(F)F)cc1)NCc1ccccc1. The first-order chi connectivity index (χ1) is 12.2. The number of ether oxygens (including phenoxy) is 1. The summed E-state index contributed by atoms with van der Waals surface area (Å²) in [6.07, 6.45) is -4.72. The number of alkyl halides is 3. The van der Waals surface area contributed by atoms with Crippen LogP contribution in [0.2, 0.25) is 0 Å². The number of benzene rings is 2. The normalized spacial score (nSPS) is 12.1. The lowest BCUT2D eigenvalue weighted by Crippen LogP contribution is -2.31. The van der Waals surface area contributed by atoms with Gasteiger partial charge in [-0.15, -0.1) is 13.2 Å². The van der Waals surface area contributed by atoms with Crippen molar-refractivity contribution in [3.05, 3.63) is 65.7 Å². The molecule has 0 aromatic heterocycles. The molecule has 0 heterocycles. The molecular weight excluding hydrogens is 369 g/mol. The molecule has 2 rings (SSSR count). The third-order valence-corrected chi connectivity index (χ3v) is 4.70. The van der Waals surface area contributed by atoms with Crippen LogP contribution in [0.1, 0.15) is 11.1 Å². The molecule has 26 heavy (non-hydrogen) atoms. The molecule has 0 spiro atoms. The van der Waals surface area contributed by atoms with Gasteiger partial charge in [-0.1, -0.05) is 42.5 Å². The van der Waals surface area contributed by atoms with E-state index in [1.54, 1.807) is 0 Å². The first-order valence-electron chi connectivity index (χ1n) is 7.80. The Hall–Kier alpha value is -2.10. The van der Waals surface area contributed by atoms with Crippen molar-refractivity contribution in [3.63, 3.8) is 0 Å². The number of hydrogen-bond acceptors (Lipinski definition) is 4. The largest absolute Gasteiger partial charge is 0.573 e. The number of sulfonamides is 1. The molecule has 2 aromatic rings. The summed E-state index contributed by atoms with van der Waals surface area (Å²) in [5, 5.41) is 2.94. The second-order valence-electron chi connectivity index (χ2n) is 5.49. The molecule has 2 aromatic carbocycles. The molecular formula is C17H19F3N2O3S. The predicted octanol–water partition coefficient (Wildman–Crippen LogP) is 2.79. The minimum absolute atomic E-state index is 0.102. The van der Waals surface area contributed by atoms with Gasteiger partial charge in [0.05, 0.1) is 5.75 Å². The Balaban J connectivity index is 1.70. The predicted molar refractivity (Wildman–Crippen MR) is 91.9 cm³/mol. The molecule has 0 aliphatic rings. The van der Waals surface area contributed by atoms with Crippen molar-refractivity contribution in [3.8, 4) is 5.75 Å². The molecule has 0 bridgehead atoms. The Morgan fingerprint density at radius 2 is 1.50 bits per heavy atom. The summed E-state index contributed by atoms with van der Waals surface area (Å²) in [4.78, 5) is 0. The Kier molecular flexibility index (Phi) is 7.01. The molecule has 0 unspecified atom stereocenters. The highest BCUT2D eigenvalue weighted by atomic mass is 32.2. The van der Waals surface area contributed by atoms with Crippen molar-refractivity contribution in [2.75, 3.05) is 12.3 Å². The highest BCUT2D eigenvalue weighted by molar-refractivity contribution is 7.89. The zero-order valence-electron chi connectivity index (χ0n) is 13.8. The van der Waals surface area contributed by atoms with Crippen LogP contribution in [-0.4, -0.2) is 27.1 Å². The highest BCUT2D eigenvalue weighted by Gasteiger charge is 2.30. The van der Waals surface area contributed by atoms with Crippen molar-refractivity contribution in [1.29, 1.82) is 0 Å². The first kappa shape index (κ1) is 20.2. The van der Waals surface area contributed by atoms with E-state index in [4.69, 9.17) is 0 Å². The van der Waals surface area contributed by atoms with Gasteiger partial charge in [-0.05, 0) is 23.3 Å². The van der Waals surface area contributed by atoms with Crippen LogP contribution < -0.4 is 14.8 Å². The molecule has 0 aliphatic heterocycles. The van der Waals surface area contributed by atoms with E-state index in [0.717, 1.165) is 5.56 Å². The van der Waals surface area contributed by atoms with E-state index in [2.05, 4.69) is 14.8 Å². The number of nitrogens with one attached hydrogen (secondary N) is 2. The molecule has 0 saturated carbocycles. The van der Waals surface area contributed by atoms with Gasteiger partial charge in [0, 0.05) is 19.6 Å². The molecule has 2 N–H and O–H groups in total. The maximum Gasteiger partial charge on any atom is 0.573 e. The fourth-order valence-electron chi connectivity index (χ4n) is 2.11. The summed E-state index contributed by atoms with van der Waals surface area (Å²) in [6, 6.07) is 14.5. The Labute approximate surface area is 150 Å². The standard InChI is InChI=1S/C17H19F3N2O3S/c18-17(19,20)25-16-8-6-15(7-9-16)12-21-10-11-26(23,24)22-13-14-4-2-1-3-5-14/h1-9,21-22H,10-13H2. The average molecular weight is 388 g/mol. The van der Waals surface area contributed by atoms with Gasteiger partial charge in [0.25, 0.3) is 0 Å². The number of halogens is 3. The van der Waals surface area contributed by atoms with E-state index in [0.29, 0.717) is 12.1 Å². The second kappa shape index (κ2) is 9.02. The van der Waals surface area contributed by atoms with Gasteiger partial charge >= 0.3 is 6.36 Å². The molecule has 0 radical (unpaired) electrons. The lowest BCUT2D eigenvalue weighted by atomic mass is 10.2. The second-order valence-corrected chi connectivity index (χ2v) is 7.42. The number of hydrogen-bond donors (Lipinski definition) is 2. The minimum atomic E-state index is -4.72. The van der Waals surface area contributed by atoms with Gasteiger partial charge in [-0.25, -0.2) is 13.1 Å². The molecule has 5 nitrogen and oxygen atoms in total. The maximum atomic E-state index is 12.1. The zero-order chi connectivity index (χ0) is 19.0. The fraction of sp³-hybridized carbons (Fsp3) is 0.294. The fourth-order valence-corrected chi connectivity index (χ4v) is 3.05. The molecule has 0 amide bonds. The topological polar surface area (TPSA) is 67.4 Å². The highest BCUT2D eigenvalue weighted by Crippen LogP contribution is 2.22. The average Bonchev–Trinajstić information content (AvgIpc) is 2.58. The van der Waals surface area contributed by atoms with E-state index >= 15 is 0 Å². The van der Waals surface area contributed by atoms with Crippen LogP contribution in [0, 0.1) is 0 Å². The molecule has 142 valence electrons. The van der Waals surface area contributed by atoms with E-state index in [1.807, 2.05) is 30.3 Å². The van der Waals surface area contributed by atoms with Gasteiger partial charge in [0.1, 0.15) is 5.75 Å². The third-order valence-electron chi connectivity index (χ3n) is 3.37. The van der Waals surface area contributed by atoms with Crippen LogP contribution in [0.15, 0.2) is 54.6 Å². The van der Waals surface area contributed by atoms with Crippen LogP contribution in [0.25, 0.3) is 0 Å².